The molecular formula is C24H29FN6O10S. The van der Waals surface area contributed by atoms with E-state index in [-0.39, 0.29) is 31.7 Å². The highest BCUT2D eigenvalue weighted by molar-refractivity contribution is 8.00. The Bertz CT molecular complexity index is 1480. The van der Waals surface area contributed by atoms with Gasteiger partial charge in [0, 0.05) is 44.0 Å². The first kappa shape index (κ1) is 30.9. The van der Waals surface area contributed by atoms with E-state index in [1.165, 1.54) is 41.7 Å². The van der Waals surface area contributed by atoms with Gasteiger partial charge in [0.1, 0.15) is 55.2 Å². The molecule has 2 aliphatic heterocycles. The molecule has 228 valence electrons. The van der Waals surface area contributed by atoms with Crippen LogP contribution in [-0.2, 0) is 33.3 Å². The van der Waals surface area contributed by atoms with Gasteiger partial charge in [0.2, 0.25) is 5.91 Å². The minimum Gasteiger partial charge on any atom is -0.463 e. The molecule has 0 aromatic carbocycles. The van der Waals surface area contributed by atoms with Gasteiger partial charge in [-0.1, -0.05) is 0 Å². The molecule has 2 aliphatic rings. The summed E-state index contributed by atoms with van der Waals surface area (Å²) in [4.78, 5) is 77.5. The molecule has 4 heterocycles. The van der Waals surface area contributed by atoms with Gasteiger partial charge < -0.3 is 30.0 Å². The highest BCUT2D eigenvalue weighted by atomic mass is 32.2. The number of hydrogen-bond donors (Lipinski definition) is 3. The summed E-state index contributed by atoms with van der Waals surface area (Å²) >= 11 is 1.31. The zero-order chi connectivity index (χ0) is 30.4. The number of ether oxygens (including phenoxy) is 4. The number of aromatic amines is 1. The lowest BCUT2D eigenvalue weighted by atomic mass is 10.1. The summed E-state index contributed by atoms with van der Waals surface area (Å²) in [6, 6.07) is 1.38. The number of carbonyl (C=O) groups is 3. The molecule has 2 aromatic rings. The third-order valence-corrected chi connectivity index (χ3v) is 7.38. The highest BCUT2D eigenvalue weighted by Gasteiger charge is 2.38. The second-order valence-corrected chi connectivity index (χ2v) is 10.6. The normalized spacial score (nSPS) is 24.2. The number of nitrogen functional groups attached to an aromatic ring is 1. The van der Waals surface area contributed by atoms with E-state index in [2.05, 4.69) is 15.3 Å². The molecule has 16 nitrogen and oxygen atoms in total. The monoisotopic (exact) mass is 612 g/mol. The number of halogens is 1. The number of nitrogens with one attached hydrogen (secondary N) is 2. The number of H-pyrrole nitrogens is 1. The number of anilines is 1. The number of rotatable bonds is 11. The smallest absolute Gasteiger partial charge is 0.351 e. The van der Waals surface area contributed by atoms with Gasteiger partial charge in [-0.05, 0) is 12.5 Å². The largest absolute Gasteiger partial charge is 0.463 e. The van der Waals surface area contributed by atoms with Crippen molar-refractivity contribution in [3.63, 3.8) is 0 Å². The zero-order valence-electron chi connectivity index (χ0n) is 22.3. The van der Waals surface area contributed by atoms with Crippen LogP contribution in [0.15, 0.2) is 38.9 Å². The minimum absolute atomic E-state index is 0.0769. The standard InChI is InChI=1S/C24H29FN6O10S/c1-12(32)27-14(22(35)39-10-21-41-19(11-42-21)31-6-4-16(26)28-23(31)36)2-3-20(34)38-9-15-13(25)8-18(40-15)30-7-5-17(33)29-24(30)37/h4-7,13-15,18-19,21H,2-3,8-11H2,1H3,(H,27,32)(H2,26,28,36)(H,29,33,37)/t13-,14-,15+,18+,19-,21+/m0/s1. The molecule has 4 rings (SSSR count). The van der Waals surface area contributed by atoms with Crippen LogP contribution in [0.1, 0.15) is 38.6 Å². The van der Waals surface area contributed by atoms with Crippen molar-refractivity contribution >= 4 is 35.4 Å². The van der Waals surface area contributed by atoms with E-state index in [0.717, 1.165) is 10.6 Å². The maximum atomic E-state index is 14.5. The highest BCUT2D eigenvalue weighted by Crippen LogP contribution is 2.31. The zero-order valence-corrected chi connectivity index (χ0v) is 23.1. The number of amides is 1. The van der Waals surface area contributed by atoms with Crippen molar-refractivity contribution in [1.29, 1.82) is 0 Å². The summed E-state index contributed by atoms with van der Waals surface area (Å²) < 4.78 is 38.4. The summed E-state index contributed by atoms with van der Waals surface area (Å²) in [6.07, 6.45) is -2.36. The summed E-state index contributed by atoms with van der Waals surface area (Å²) in [5, 5.41) is 2.42. The van der Waals surface area contributed by atoms with Gasteiger partial charge in [-0.15, -0.1) is 11.8 Å². The molecule has 0 radical (unpaired) electrons. The number of carbonyl (C=O) groups excluding carboxylic acids is 3. The minimum atomic E-state index is -1.55. The van der Waals surface area contributed by atoms with E-state index in [1.807, 2.05) is 0 Å². The molecule has 6 atom stereocenters. The van der Waals surface area contributed by atoms with Crippen LogP contribution < -0.4 is 28.0 Å². The maximum Gasteiger partial charge on any atom is 0.351 e. The van der Waals surface area contributed by atoms with Crippen molar-refractivity contribution in [2.45, 2.75) is 62.4 Å². The Labute approximate surface area is 240 Å². The van der Waals surface area contributed by atoms with Crippen molar-refractivity contribution in [3.05, 3.63) is 55.8 Å². The predicted molar refractivity (Wildman–Crippen MR) is 143 cm³/mol. The van der Waals surface area contributed by atoms with Crippen LogP contribution in [0, 0.1) is 0 Å². The summed E-state index contributed by atoms with van der Waals surface area (Å²) in [5.74, 6) is -1.65. The second kappa shape index (κ2) is 13.8. The fraction of sp³-hybridized carbons (Fsp3) is 0.542. The van der Waals surface area contributed by atoms with E-state index >= 15 is 0 Å². The van der Waals surface area contributed by atoms with Crippen LogP contribution >= 0.6 is 11.8 Å². The van der Waals surface area contributed by atoms with Crippen molar-refractivity contribution < 1.29 is 37.7 Å². The van der Waals surface area contributed by atoms with Crippen LogP contribution in [0.5, 0.6) is 0 Å². The third kappa shape index (κ3) is 8.04. The quantitative estimate of drug-likeness (QED) is 0.259. The van der Waals surface area contributed by atoms with E-state index in [9.17, 15) is 33.2 Å². The molecule has 0 spiro atoms. The van der Waals surface area contributed by atoms with Crippen molar-refractivity contribution in [2.75, 3.05) is 24.7 Å². The summed E-state index contributed by atoms with van der Waals surface area (Å²) in [7, 11) is 0. The molecule has 42 heavy (non-hydrogen) atoms. The molecule has 0 bridgehead atoms. The molecule has 0 aliphatic carbocycles. The lowest BCUT2D eigenvalue weighted by Crippen LogP contribution is -2.42. The Morgan fingerprint density at radius 2 is 1.93 bits per heavy atom. The second-order valence-electron chi connectivity index (χ2n) is 9.40. The number of thioether (sulfide) groups is 1. The van der Waals surface area contributed by atoms with Crippen molar-refractivity contribution in [1.82, 2.24) is 24.4 Å². The van der Waals surface area contributed by atoms with E-state index < -0.39 is 77.6 Å². The van der Waals surface area contributed by atoms with E-state index in [1.54, 1.807) is 0 Å². The van der Waals surface area contributed by atoms with Crippen LogP contribution in [0.4, 0.5) is 10.2 Å². The first-order valence-corrected chi connectivity index (χ1v) is 13.9. The van der Waals surface area contributed by atoms with Gasteiger partial charge in [-0.25, -0.2) is 18.8 Å². The van der Waals surface area contributed by atoms with Gasteiger partial charge in [0.05, 0.1) is 0 Å². The number of nitrogens with zero attached hydrogens (tertiary/aromatic N) is 3. The average Bonchev–Trinajstić information content (AvgIpc) is 3.54. The molecule has 2 saturated heterocycles. The fourth-order valence-corrected chi connectivity index (χ4v) is 5.23. The molecule has 4 N–H and O–H groups in total. The van der Waals surface area contributed by atoms with Gasteiger partial charge in [-0.2, -0.15) is 4.98 Å². The molecular weight excluding hydrogens is 583 g/mol. The average molecular weight is 613 g/mol. The van der Waals surface area contributed by atoms with Crippen LogP contribution in [0.25, 0.3) is 0 Å². The SMILES string of the molecule is CC(=O)N[C@@H](CCC(=O)OC[C@H]1O[C@@H](n2ccc(=O)[nH]c2=O)C[C@@H]1F)C(=O)OC[C@@H]1O[C@H](n2ccc(N)nc2=O)CS1. The molecule has 1 amide bonds. The van der Waals surface area contributed by atoms with Crippen LogP contribution in [0.2, 0.25) is 0 Å². The van der Waals surface area contributed by atoms with Gasteiger partial charge >= 0.3 is 23.3 Å². The molecule has 2 fully saturated rings. The van der Waals surface area contributed by atoms with Gasteiger partial charge in [0.25, 0.3) is 5.56 Å². The summed E-state index contributed by atoms with van der Waals surface area (Å²) in [6.45, 7) is 0.558. The number of esters is 2. The predicted octanol–water partition coefficient (Wildman–Crippen LogP) is -1.04. The Morgan fingerprint density at radius 1 is 1.17 bits per heavy atom. The Balaban J connectivity index is 1.22. The topological polar surface area (TPSA) is 216 Å². The van der Waals surface area contributed by atoms with Gasteiger partial charge in [0.15, 0.2) is 0 Å². The molecule has 2 aromatic heterocycles. The first-order valence-electron chi connectivity index (χ1n) is 12.8. The van der Waals surface area contributed by atoms with Crippen molar-refractivity contribution in [2.24, 2.45) is 0 Å². The van der Waals surface area contributed by atoms with E-state index in [4.69, 9.17) is 24.7 Å². The van der Waals surface area contributed by atoms with Gasteiger partial charge in [-0.3, -0.25) is 28.5 Å². The van der Waals surface area contributed by atoms with Crippen molar-refractivity contribution in [3.8, 4) is 0 Å². The van der Waals surface area contributed by atoms with Crippen LogP contribution in [-0.4, -0.2) is 79.7 Å². The summed E-state index contributed by atoms with van der Waals surface area (Å²) in [5.41, 5.74) is 2.95. The number of aromatic nitrogens is 4. The van der Waals surface area contributed by atoms with Crippen LogP contribution in [0.3, 0.4) is 0 Å². The number of nitrogens with two attached hydrogens (primary N) is 1. The molecule has 18 heteroatoms. The Kier molecular flexibility index (Phi) is 10.1. The molecule has 0 saturated carbocycles. The third-order valence-electron chi connectivity index (χ3n) is 6.29. The molecule has 0 unspecified atom stereocenters. The first-order chi connectivity index (χ1) is 20.0. The lowest BCUT2D eigenvalue weighted by Gasteiger charge is -2.19. The lowest BCUT2D eigenvalue weighted by molar-refractivity contribution is -0.153. The van der Waals surface area contributed by atoms with E-state index in [0.29, 0.717) is 5.75 Å². The number of hydrogen-bond acceptors (Lipinski definition) is 13. The fourth-order valence-electron chi connectivity index (χ4n) is 4.24. The Morgan fingerprint density at radius 3 is 2.64 bits per heavy atom. The Hall–Kier alpha value is -4.03. The maximum absolute atomic E-state index is 14.5. The number of alkyl halides is 1.